The van der Waals surface area contributed by atoms with E-state index in [2.05, 4.69) is 5.32 Å². The Morgan fingerprint density at radius 2 is 1.55 bits per heavy atom. The first-order chi connectivity index (χ1) is 5.12. The summed E-state index contributed by atoms with van der Waals surface area (Å²) in [5, 5.41) is 3.01. The first kappa shape index (κ1) is 8.91. The van der Waals surface area contributed by atoms with Gasteiger partial charge in [0.15, 0.2) is 0 Å². The topological polar surface area (TPSA) is 12.0 Å². The molecular formula is C8H15F2N. The second kappa shape index (κ2) is 2.70. The Kier molecular flexibility index (Phi) is 2.19. The zero-order chi connectivity index (χ0) is 8.54. The first-order valence-corrected chi connectivity index (χ1v) is 4.21. The summed E-state index contributed by atoms with van der Waals surface area (Å²) in [4.78, 5) is 0. The predicted octanol–water partition coefficient (Wildman–Crippen LogP) is 2.03. The molecule has 1 saturated carbocycles. The Morgan fingerprint density at radius 3 is 1.64 bits per heavy atom. The van der Waals surface area contributed by atoms with E-state index in [9.17, 15) is 8.78 Å². The molecular weight excluding hydrogens is 148 g/mol. The highest BCUT2D eigenvalue weighted by atomic mass is 19.3. The molecule has 0 radical (unpaired) electrons. The predicted molar refractivity (Wildman–Crippen MR) is 40.8 cm³/mol. The van der Waals surface area contributed by atoms with Crippen molar-refractivity contribution < 1.29 is 8.78 Å². The van der Waals surface area contributed by atoms with E-state index in [1.807, 2.05) is 13.8 Å². The lowest BCUT2D eigenvalue weighted by atomic mass is 9.62. The molecule has 1 heterocycles. The van der Waals surface area contributed by atoms with Gasteiger partial charge in [-0.3, -0.25) is 0 Å². The minimum atomic E-state index is -2.33. The van der Waals surface area contributed by atoms with E-state index in [0.717, 1.165) is 13.1 Å². The second-order valence-electron chi connectivity index (χ2n) is 3.31. The van der Waals surface area contributed by atoms with Gasteiger partial charge in [-0.25, -0.2) is 8.78 Å². The van der Waals surface area contributed by atoms with E-state index in [0.29, 0.717) is 0 Å². The van der Waals surface area contributed by atoms with Gasteiger partial charge in [-0.2, -0.15) is 0 Å². The summed E-state index contributed by atoms with van der Waals surface area (Å²) in [6.45, 7) is 5.62. The number of hydrogen-bond acceptors (Lipinski definition) is 1. The van der Waals surface area contributed by atoms with Crippen molar-refractivity contribution in [3.63, 3.8) is 0 Å². The van der Waals surface area contributed by atoms with Gasteiger partial charge >= 0.3 is 0 Å². The third-order valence-electron chi connectivity index (χ3n) is 2.27. The van der Waals surface area contributed by atoms with Crippen LogP contribution in [-0.2, 0) is 0 Å². The van der Waals surface area contributed by atoms with Crippen LogP contribution in [0.3, 0.4) is 0 Å². The van der Waals surface area contributed by atoms with Crippen LogP contribution in [0.2, 0.25) is 0 Å². The van der Waals surface area contributed by atoms with Gasteiger partial charge in [0.1, 0.15) is 0 Å². The molecule has 0 aromatic carbocycles. The third kappa shape index (κ3) is 1.53. The Labute approximate surface area is 66.2 Å². The molecule has 3 heteroatoms. The molecule has 2 aliphatic rings. The van der Waals surface area contributed by atoms with Gasteiger partial charge in [-0.05, 0) is 0 Å². The van der Waals surface area contributed by atoms with Crippen molar-refractivity contribution in [3.05, 3.63) is 0 Å². The molecule has 2 fully saturated rings. The molecule has 0 atom stereocenters. The standard InChI is InChI=1S/C6H9F2N.C2H6/c7-6(8)1-5(2-6)3-9-4-5;1-2/h9H,1-4H2;1-2H3. The molecule has 0 aromatic rings. The highest BCUT2D eigenvalue weighted by Crippen LogP contribution is 2.53. The van der Waals surface area contributed by atoms with Gasteiger partial charge < -0.3 is 5.32 Å². The Balaban J connectivity index is 0.000000281. The molecule has 0 unspecified atom stereocenters. The molecule has 1 saturated heterocycles. The SMILES string of the molecule is CC.FC1(F)CC2(CNC2)C1. The first-order valence-electron chi connectivity index (χ1n) is 4.21. The zero-order valence-corrected chi connectivity index (χ0v) is 7.08. The molecule has 1 aliphatic carbocycles. The third-order valence-corrected chi connectivity index (χ3v) is 2.27. The van der Waals surface area contributed by atoms with Gasteiger partial charge in [0.05, 0.1) is 0 Å². The minimum absolute atomic E-state index is 0.0174. The summed E-state index contributed by atoms with van der Waals surface area (Å²) in [5.74, 6) is -2.33. The lowest BCUT2D eigenvalue weighted by Gasteiger charge is -2.53. The molecule has 11 heavy (non-hydrogen) atoms. The number of nitrogens with one attached hydrogen (secondary N) is 1. The smallest absolute Gasteiger partial charge is 0.249 e. The lowest BCUT2D eigenvalue weighted by molar-refractivity contribution is -0.178. The van der Waals surface area contributed by atoms with Gasteiger partial charge in [-0.1, -0.05) is 13.8 Å². The van der Waals surface area contributed by atoms with Gasteiger partial charge in [0.25, 0.3) is 0 Å². The van der Waals surface area contributed by atoms with Crippen molar-refractivity contribution in [3.8, 4) is 0 Å². The summed E-state index contributed by atoms with van der Waals surface area (Å²) in [7, 11) is 0. The molecule has 2 rings (SSSR count). The normalized spacial score (nSPS) is 29.5. The maximum Gasteiger partial charge on any atom is 0.249 e. The van der Waals surface area contributed by atoms with Crippen LogP contribution in [-0.4, -0.2) is 19.0 Å². The summed E-state index contributed by atoms with van der Waals surface area (Å²) in [6, 6.07) is 0. The van der Waals surface area contributed by atoms with Crippen molar-refractivity contribution in [1.29, 1.82) is 0 Å². The van der Waals surface area contributed by atoms with Crippen LogP contribution in [0.5, 0.6) is 0 Å². The highest BCUT2D eigenvalue weighted by Gasteiger charge is 2.58. The summed E-state index contributed by atoms with van der Waals surface area (Å²) in [5.41, 5.74) is 0.0174. The van der Waals surface area contributed by atoms with Crippen LogP contribution < -0.4 is 5.32 Å². The highest BCUT2D eigenvalue weighted by molar-refractivity contribution is 5.06. The Bertz CT molecular complexity index is 131. The van der Waals surface area contributed by atoms with Gasteiger partial charge in [-0.15, -0.1) is 0 Å². The quantitative estimate of drug-likeness (QED) is 0.576. The van der Waals surface area contributed by atoms with Crippen molar-refractivity contribution in [2.75, 3.05) is 13.1 Å². The number of hydrogen-bond donors (Lipinski definition) is 1. The summed E-state index contributed by atoms with van der Waals surface area (Å²) < 4.78 is 24.5. The largest absolute Gasteiger partial charge is 0.316 e. The van der Waals surface area contributed by atoms with Crippen molar-refractivity contribution in [1.82, 2.24) is 5.32 Å². The zero-order valence-electron chi connectivity index (χ0n) is 7.08. The maximum atomic E-state index is 12.2. The maximum absolute atomic E-state index is 12.2. The summed E-state index contributed by atoms with van der Waals surface area (Å²) >= 11 is 0. The minimum Gasteiger partial charge on any atom is -0.316 e. The average Bonchev–Trinajstić information content (AvgIpc) is 1.83. The van der Waals surface area contributed by atoms with Crippen LogP contribution in [0.4, 0.5) is 8.78 Å². The molecule has 1 spiro atoms. The van der Waals surface area contributed by atoms with Crippen LogP contribution >= 0.6 is 0 Å². The van der Waals surface area contributed by atoms with E-state index in [1.54, 1.807) is 0 Å². The lowest BCUT2D eigenvalue weighted by Crippen LogP contribution is -2.64. The van der Waals surface area contributed by atoms with Crippen molar-refractivity contribution in [2.24, 2.45) is 5.41 Å². The fourth-order valence-electron chi connectivity index (χ4n) is 1.77. The van der Waals surface area contributed by atoms with E-state index >= 15 is 0 Å². The van der Waals surface area contributed by atoms with Gasteiger partial charge in [0, 0.05) is 31.3 Å². The van der Waals surface area contributed by atoms with E-state index in [1.165, 1.54) is 0 Å². The van der Waals surface area contributed by atoms with Crippen LogP contribution in [0.15, 0.2) is 0 Å². The van der Waals surface area contributed by atoms with E-state index in [-0.39, 0.29) is 18.3 Å². The van der Waals surface area contributed by atoms with E-state index in [4.69, 9.17) is 0 Å². The molecule has 0 aromatic heterocycles. The molecule has 1 N–H and O–H groups in total. The molecule has 1 aliphatic heterocycles. The Morgan fingerprint density at radius 1 is 1.09 bits per heavy atom. The second-order valence-corrected chi connectivity index (χ2v) is 3.31. The van der Waals surface area contributed by atoms with Crippen molar-refractivity contribution in [2.45, 2.75) is 32.6 Å². The fraction of sp³-hybridized carbons (Fsp3) is 1.00. The molecule has 1 nitrogen and oxygen atoms in total. The van der Waals surface area contributed by atoms with Crippen LogP contribution in [0, 0.1) is 5.41 Å². The molecule has 66 valence electrons. The van der Waals surface area contributed by atoms with Crippen molar-refractivity contribution >= 4 is 0 Å². The molecule has 0 amide bonds. The summed E-state index contributed by atoms with van der Waals surface area (Å²) in [6.07, 6.45) is 0.236. The van der Waals surface area contributed by atoms with Crippen LogP contribution in [0.25, 0.3) is 0 Å². The number of rotatable bonds is 0. The Hall–Kier alpha value is -0.180. The van der Waals surface area contributed by atoms with Gasteiger partial charge in [0.2, 0.25) is 5.92 Å². The molecule has 0 bridgehead atoms. The fourth-order valence-corrected chi connectivity index (χ4v) is 1.77. The average molecular weight is 163 g/mol. The number of halogens is 2. The van der Waals surface area contributed by atoms with E-state index < -0.39 is 5.92 Å². The number of alkyl halides is 2. The van der Waals surface area contributed by atoms with Crippen LogP contribution in [0.1, 0.15) is 26.7 Å². The monoisotopic (exact) mass is 163 g/mol.